The number of carbonyl (C=O) groups is 4. The second-order valence-corrected chi connectivity index (χ2v) is 9.65. The first-order valence-corrected chi connectivity index (χ1v) is 11.5. The predicted octanol–water partition coefficient (Wildman–Crippen LogP) is 2.40. The number of nitrogens with zero attached hydrogens (tertiary/aromatic N) is 2. The van der Waals surface area contributed by atoms with Crippen LogP contribution in [0, 0.1) is 0 Å². The van der Waals surface area contributed by atoms with Crippen LogP contribution in [0.15, 0.2) is 30.3 Å². The van der Waals surface area contributed by atoms with Gasteiger partial charge in [-0.25, -0.2) is 18.8 Å². The summed E-state index contributed by atoms with van der Waals surface area (Å²) in [7, 11) is 1.21. The normalized spacial score (nSPS) is 24.1. The van der Waals surface area contributed by atoms with Gasteiger partial charge in [0.25, 0.3) is 0 Å². The first-order valence-electron chi connectivity index (χ1n) is 11.5. The number of amides is 3. The molecule has 0 spiro atoms. The Bertz CT molecular complexity index is 937. The van der Waals surface area contributed by atoms with E-state index in [1.165, 1.54) is 12.0 Å². The second-order valence-electron chi connectivity index (χ2n) is 9.65. The summed E-state index contributed by atoms with van der Waals surface area (Å²) in [5, 5.41) is 2.74. The van der Waals surface area contributed by atoms with Crippen LogP contribution in [0.4, 0.5) is 14.0 Å². The monoisotopic (exact) mass is 493 g/mol. The number of methoxy groups -OCH3 is 1. The molecule has 0 unspecified atom stereocenters. The molecule has 0 aliphatic carbocycles. The Morgan fingerprint density at radius 3 is 2.29 bits per heavy atom. The van der Waals surface area contributed by atoms with Crippen molar-refractivity contribution in [3.05, 3.63) is 35.9 Å². The smallest absolute Gasteiger partial charge is 0.411 e. The van der Waals surface area contributed by atoms with Crippen LogP contribution in [0.25, 0.3) is 0 Å². The third-order valence-electron chi connectivity index (χ3n) is 5.74. The first kappa shape index (κ1) is 26.2. The van der Waals surface area contributed by atoms with E-state index in [0.29, 0.717) is 0 Å². The number of alkyl halides is 1. The molecule has 35 heavy (non-hydrogen) atoms. The third kappa shape index (κ3) is 6.83. The van der Waals surface area contributed by atoms with E-state index in [4.69, 9.17) is 14.2 Å². The quantitative estimate of drug-likeness (QED) is 0.495. The maximum absolute atomic E-state index is 14.1. The number of nitrogens with one attached hydrogen (secondary N) is 1. The van der Waals surface area contributed by atoms with Gasteiger partial charge in [-0.3, -0.25) is 14.6 Å². The van der Waals surface area contributed by atoms with Crippen molar-refractivity contribution in [2.75, 3.05) is 20.2 Å². The third-order valence-corrected chi connectivity index (χ3v) is 5.74. The molecule has 4 atom stereocenters. The van der Waals surface area contributed by atoms with Crippen LogP contribution in [0.3, 0.4) is 0 Å². The van der Waals surface area contributed by atoms with Gasteiger partial charge in [-0.15, -0.1) is 0 Å². The zero-order chi connectivity index (χ0) is 25.8. The average Bonchev–Trinajstić information content (AvgIpc) is 3.40. The fourth-order valence-corrected chi connectivity index (χ4v) is 4.16. The summed E-state index contributed by atoms with van der Waals surface area (Å²) in [4.78, 5) is 52.8. The minimum atomic E-state index is -1.37. The summed E-state index contributed by atoms with van der Waals surface area (Å²) in [6.07, 6.45) is -2.93. The Labute approximate surface area is 203 Å². The van der Waals surface area contributed by atoms with E-state index in [1.807, 2.05) is 18.2 Å². The van der Waals surface area contributed by atoms with Crippen molar-refractivity contribution >= 4 is 24.1 Å². The Hall–Kier alpha value is -3.37. The van der Waals surface area contributed by atoms with E-state index in [2.05, 4.69) is 5.32 Å². The summed E-state index contributed by atoms with van der Waals surface area (Å²) in [5.74, 6) is -1.22. The molecule has 0 radical (unpaired) electrons. The van der Waals surface area contributed by atoms with Gasteiger partial charge in [-0.1, -0.05) is 30.3 Å². The minimum absolute atomic E-state index is 0.00264. The number of likely N-dealkylation sites (tertiary alicyclic amines) is 2. The van der Waals surface area contributed by atoms with Gasteiger partial charge in [0.15, 0.2) is 0 Å². The number of hydrogen-bond donors (Lipinski definition) is 1. The van der Waals surface area contributed by atoms with Crippen LogP contribution in [-0.2, 0) is 30.4 Å². The lowest BCUT2D eigenvalue weighted by Crippen LogP contribution is -2.50. The maximum atomic E-state index is 14.1. The lowest BCUT2D eigenvalue weighted by Gasteiger charge is -2.28. The van der Waals surface area contributed by atoms with E-state index in [1.54, 1.807) is 32.9 Å². The molecule has 0 saturated carbocycles. The van der Waals surface area contributed by atoms with E-state index >= 15 is 0 Å². The zero-order valence-electron chi connectivity index (χ0n) is 20.4. The van der Waals surface area contributed by atoms with Crippen molar-refractivity contribution in [2.45, 2.75) is 70.1 Å². The highest BCUT2D eigenvalue weighted by Crippen LogP contribution is 2.25. The maximum Gasteiger partial charge on any atom is 0.411 e. The van der Waals surface area contributed by atoms with Crippen molar-refractivity contribution in [2.24, 2.45) is 0 Å². The fourth-order valence-electron chi connectivity index (χ4n) is 4.16. The molecule has 2 heterocycles. The van der Waals surface area contributed by atoms with Crippen molar-refractivity contribution in [3.63, 3.8) is 0 Å². The Balaban J connectivity index is 1.64. The molecular formula is C24H32FN3O7. The Kier molecular flexibility index (Phi) is 8.18. The largest absolute Gasteiger partial charge is 0.467 e. The molecular weight excluding hydrogens is 461 g/mol. The van der Waals surface area contributed by atoms with Crippen molar-refractivity contribution in [1.29, 1.82) is 0 Å². The Morgan fingerprint density at radius 1 is 1.00 bits per heavy atom. The van der Waals surface area contributed by atoms with Gasteiger partial charge >= 0.3 is 18.2 Å². The number of hydrogen-bond acceptors (Lipinski definition) is 7. The van der Waals surface area contributed by atoms with Crippen molar-refractivity contribution < 1.29 is 37.8 Å². The van der Waals surface area contributed by atoms with Crippen LogP contribution in [-0.4, -0.2) is 84.0 Å². The lowest BCUT2D eigenvalue weighted by atomic mass is 10.1. The zero-order valence-corrected chi connectivity index (χ0v) is 20.4. The van der Waals surface area contributed by atoms with Gasteiger partial charge in [0.05, 0.1) is 13.7 Å². The van der Waals surface area contributed by atoms with E-state index in [0.717, 1.165) is 10.5 Å². The molecule has 1 aromatic rings. The topological polar surface area (TPSA) is 114 Å². The van der Waals surface area contributed by atoms with E-state index in [9.17, 15) is 23.6 Å². The number of ether oxygens (including phenoxy) is 3. The molecule has 1 aromatic carbocycles. The summed E-state index contributed by atoms with van der Waals surface area (Å²) in [5.41, 5.74) is -0.0180. The van der Waals surface area contributed by atoms with Gasteiger partial charge in [0, 0.05) is 25.4 Å². The van der Waals surface area contributed by atoms with Crippen LogP contribution < -0.4 is 5.32 Å². The predicted molar refractivity (Wildman–Crippen MR) is 122 cm³/mol. The van der Waals surface area contributed by atoms with E-state index < -0.39 is 54.0 Å². The molecule has 192 valence electrons. The molecule has 3 rings (SSSR count). The molecule has 0 aromatic heterocycles. The highest BCUT2D eigenvalue weighted by atomic mass is 19.1. The van der Waals surface area contributed by atoms with Crippen LogP contribution in [0.1, 0.15) is 39.2 Å². The molecule has 2 aliphatic heterocycles. The SMILES string of the molecule is COC(=O)[C@H]1C[C@@H](NC(=O)[C@@H]2C[C@H](F)CN2C(=O)OC(C)(C)C)CN1C(=O)OCc1ccccc1. The van der Waals surface area contributed by atoms with Gasteiger partial charge in [0.2, 0.25) is 5.91 Å². The van der Waals surface area contributed by atoms with Gasteiger partial charge < -0.3 is 19.5 Å². The number of benzene rings is 1. The summed E-state index contributed by atoms with van der Waals surface area (Å²) in [6.45, 7) is 4.81. The minimum Gasteiger partial charge on any atom is -0.467 e. The molecule has 10 nitrogen and oxygen atoms in total. The standard InChI is InChI=1S/C24H32FN3O7/c1-24(2,3)35-23(32)27-12-16(25)10-18(27)20(29)26-17-11-19(21(30)33-4)28(13-17)22(31)34-14-15-8-6-5-7-9-15/h5-9,16-19H,10-14H2,1-4H3,(H,26,29)/t16-,17+,18-,19+/m0/s1. The van der Waals surface area contributed by atoms with Gasteiger partial charge in [-0.05, 0) is 26.3 Å². The van der Waals surface area contributed by atoms with Gasteiger partial charge in [0.1, 0.15) is 30.5 Å². The van der Waals surface area contributed by atoms with E-state index in [-0.39, 0.29) is 32.5 Å². The summed E-state index contributed by atoms with van der Waals surface area (Å²) < 4.78 is 29.6. The van der Waals surface area contributed by atoms with Crippen molar-refractivity contribution in [1.82, 2.24) is 15.1 Å². The number of esters is 1. The first-order chi connectivity index (χ1) is 16.5. The van der Waals surface area contributed by atoms with Crippen LogP contribution in [0.2, 0.25) is 0 Å². The number of halogens is 1. The van der Waals surface area contributed by atoms with Crippen LogP contribution in [0.5, 0.6) is 0 Å². The molecule has 2 aliphatic rings. The lowest BCUT2D eigenvalue weighted by molar-refractivity contribution is -0.145. The van der Waals surface area contributed by atoms with Gasteiger partial charge in [-0.2, -0.15) is 0 Å². The highest BCUT2D eigenvalue weighted by molar-refractivity contribution is 5.87. The highest BCUT2D eigenvalue weighted by Gasteiger charge is 2.45. The number of rotatable bonds is 5. The average molecular weight is 494 g/mol. The second kappa shape index (κ2) is 10.9. The molecule has 3 amide bonds. The summed E-state index contributed by atoms with van der Waals surface area (Å²) in [6, 6.07) is 6.44. The Morgan fingerprint density at radius 2 is 1.66 bits per heavy atom. The molecule has 2 saturated heterocycles. The fraction of sp³-hybridized carbons (Fsp3) is 0.583. The number of carbonyl (C=O) groups excluding carboxylic acids is 4. The molecule has 0 bridgehead atoms. The molecule has 1 N–H and O–H groups in total. The van der Waals surface area contributed by atoms with Crippen LogP contribution >= 0.6 is 0 Å². The molecule has 11 heteroatoms. The molecule has 2 fully saturated rings. The van der Waals surface area contributed by atoms with Crippen molar-refractivity contribution in [3.8, 4) is 0 Å². The summed E-state index contributed by atoms with van der Waals surface area (Å²) >= 11 is 0.